The third-order valence-corrected chi connectivity index (χ3v) is 4.72. The number of amides is 1. The lowest BCUT2D eigenvalue weighted by Crippen LogP contribution is -2.33. The van der Waals surface area contributed by atoms with E-state index in [1.807, 2.05) is 6.07 Å². The van der Waals surface area contributed by atoms with Crippen LogP contribution in [0.3, 0.4) is 0 Å². The number of carbonyl (C=O) groups is 2. The fraction of sp³-hybridized carbons (Fsp3) is 0.500. The largest absolute Gasteiger partial charge is 0.478 e. The van der Waals surface area contributed by atoms with E-state index < -0.39 is 5.97 Å². The molecule has 20 heavy (non-hydrogen) atoms. The second-order valence-corrected chi connectivity index (χ2v) is 6.00. The highest BCUT2D eigenvalue weighted by atomic mass is 16.4. The SMILES string of the molecule is O=C(O)c1cccc(CNC(=O)C2CC3CCC2C3)c1. The molecule has 3 atom stereocenters. The van der Waals surface area contributed by atoms with Crippen LogP contribution in [-0.2, 0) is 11.3 Å². The zero-order valence-electron chi connectivity index (χ0n) is 11.3. The highest BCUT2D eigenvalue weighted by molar-refractivity contribution is 5.87. The van der Waals surface area contributed by atoms with Crippen LogP contribution in [0.1, 0.15) is 41.6 Å². The van der Waals surface area contributed by atoms with E-state index in [-0.39, 0.29) is 17.4 Å². The van der Waals surface area contributed by atoms with Crippen LogP contribution in [0.4, 0.5) is 0 Å². The van der Waals surface area contributed by atoms with Crippen molar-refractivity contribution in [1.82, 2.24) is 5.32 Å². The monoisotopic (exact) mass is 273 g/mol. The van der Waals surface area contributed by atoms with Gasteiger partial charge in [0.2, 0.25) is 5.91 Å². The Hall–Kier alpha value is -1.84. The van der Waals surface area contributed by atoms with Crippen molar-refractivity contribution in [2.45, 2.75) is 32.2 Å². The zero-order chi connectivity index (χ0) is 14.1. The van der Waals surface area contributed by atoms with Crippen LogP contribution in [0, 0.1) is 17.8 Å². The number of hydrogen-bond acceptors (Lipinski definition) is 2. The quantitative estimate of drug-likeness (QED) is 0.885. The zero-order valence-corrected chi connectivity index (χ0v) is 11.3. The molecule has 3 rings (SSSR count). The number of rotatable bonds is 4. The molecule has 2 saturated carbocycles. The molecule has 0 radical (unpaired) electrons. The molecule has 2 fully saturated rings. The van der Waals surface area contributed by atoms with Gasteiger partial charge in [0.05, 0.1) is 5.56 Å². The molecule has 2 aliphatic rings. The number of fused-ring (bicyclic) bond motifs is 2. The van der Waals surface area contributed by atoms with E-state index in [0.29, 0.717) is 12.5 Å². The number of hydrogen-bond donors (Lipinski definition) is 2. The van der Waals surface area contributed by atoms with Gasteiger partial charge in [-0.3, -0.25) is 4.79 Å². The summed E-state index contributed by atoms with van der Waals surface area (Å²) >= 11 is 0. The maximum Gasteiger partial charge on any atom is 0.335 e. The summed E-state index contributed by atoms with van der Waals surface area (Å²) in [5, 5.41) is 11.9. The Morgan fingerprint density at radius 1 is 1.25 bits per heavy atom. The van der Waals surface area contributed by atoms with Gasteiger partial charge in [0.15, 0.2) is 0 Å². The molecule has 106 valence electrons. The Morgan fingerprint density at radius 3 is 2.75 bits per heavy atom. The molecule has 0 aromatic heterocycles. The Morgan fingerprint density at radius 2 is 2.10 bits per heavy atom. The molecule has 2 bridgehead atoms. The molecular formula is C16H19NO3. The number of benzene rings is 1. The highest BCUT2D eigenvalue weighted by Crippen LogP contribution is 2.48. The van der Waals surface area contributed by atoms with E-state index in [2.05, 4.69) is 5.32 Å². The first-order chi connectivity index (χ1) is 9.63. The number of aromatic carboxylic acids is 1. The molecule has 0 spiro atoms. The van der Waals surface area contributed by atoms with Gasteiger partial charge < -0.3 is 10.4 Å². The van der Waals surface area contributed by atoms with Crippen molar-refractivity contribution in [2.75, 3.05) is 0 Å². The lowest BCUT2D eigenvalue weighted by atomic mass is 9.88. The van der Waals surface area contributed by atoms with Crippen LogP contribution in [0.2, 0.25) is 0 Å². The van der Waals surface area contributed by atoms with Crippen LogP contribution >= 0.6 is 0 Å². The van der Waals surface area contributed by atoms with Gasteiger partial charge in [0.25, 0.3) is 0 Å². The van der Waals surface area contributed by atoms with Crippen molar-refractivity contribution in [2.24, 2.45) is 17.8 Å². The van der Waals surface area contributed by atoms with Crippen molar-refractivity contribution >= 4 is 11.9 Å². The molecule has 1 amide bonds. The highest BCUT2D eigenvalue weighted by Gasteiger charge is 2.42. The third kappa shape index (κ3) is 2.55. The Balaban J connectivity index is 1.58. The molecule has 1 aromatic carbocycles. The molecule has 1 aromatic rings. The number of carboxylic acids is 1. The first kappa shape index (κ1) is 13.2. The normalized spacial score (nSPS) is 27.5. The van der Waals surface area contributed by atoms with E-state index in [0.717, 1.165) is 17.9 Å². The second-order valence-electron chi connectivity index (χ2n) is 6.00. The fourth-order valence-electron chi connectivity index (χ4n) is 3.70. The molecule has 4 nitrogen and oxygen atoms in total. The van der Waals surface area contributed by atoms with Crippen LogP contribution in [0.15, 0.2) is 24.3 Å². The molecule has 4 heteroatoms. The number of carbonyl (C=O) groups excluding carboxylic acids is 1. The fourth-order valence-corrected chi connectivity index (χ4v) is 3.70. The summed E-state index contributed by atoms with van der Waals surface area (Å²) in [7, 11) is 0. The van der Waals surface area contributed by atoms with Gasteiger partial charge in [0, 0.05) is 12.5 Å². The Bertz CT molecular complexity index is 540. The number of nitrogens with one attached hydrogen (secondary N) is 1. The van der Waals surface area contributed by atoms with E-state index >= 15 is 0 Å². The average molecular weight is 273 g/mol. The van der Waals surface area contributed by atoms with Crippen molar-refractivity contribution < 1.29 is 14.7 Å². The standard InChI is InChI=1S/C16H19NO3/c18-15(14-8-10-4-5-12(14)6-10)17-9-11-2-1-3-13(7-11)16(19)20/h1-3,7,10,12,14H,4-6,8-9H2,(H,17,18)(H,19,20). The summed E-state index contributed by atoms with van der Waals surface area (Å²) in [5.74, 6) is 0.706. The summed E-state index contributed by atoms with van der Waals surface area (Å²) in [6.45, 7) is 0.411. The van der Waals surface area contributed by atoms with Gasteiger partial charge in [-0.2, -0.15) is 0 Å². The summed E-state index contributed by atoms with van der Waals surface area (Å²) in [5.41, 5.74) is 1.10. The Labute approximate surface area is 118 Å². The minimum Gasteiger partial charge on any atom is -0.478 e. The topological polar surface area (TPSA) is 66.4 Å². The smallest absolute Gasteiger partial charge is 0.335 e. The molecule has 3 unspecified atom stereocenters. The molecule has 0 aliphatic heterocycles. The van der Waals surface area contributed by atoms with Gasteiger partial charge in [-0.05, 0) is 48.8 Å². The average Bonchev–Trinajstić information content (AvgIpc) is 3.07. The Kier molecular flexibility index (Phi) is 3.47. The van der Waals surface area contributed by atoms with Crippen molar-refractivity contribution in [3.8, 4) is 0 Å². The van der Waals surface area contributed by atoms with Gasteiger partial charge in [-0.25, -0.2) is 4.79 Å². The van der Waals surface area contributed by atoms with Gasteiger partial charge in [-0.1, -0.05) is 18.6 Å². The number of carboxylic acid groups (broad SMARTS) is 1. The lowest BCUT2D eigenvalue weighted by Gasteiger charge is -2.20. The molecule has 0 heterocycles. The second kappa shape index (κ2) is 5.27. The van der Waals surface area contributed by atoms with Gasteiger partial charge in [-0.15, -0.1) is 0 Å². The molecular weight excluding hydrogens is 254 g/mol. The summed E-state index contributed by atoms with van der Waals surface area (Å²) in [6.07, 6.45) is 4.73. The predicted molar refractivity (Wildman–Crippen MR) is 74.2 cm³/mol. The lowest BCUT2D eigenvalue weighted by molar-refractivity contribution is -0.126. The van der Waals surface area contributed by atoms with Crippen LogP contribution < -0.4 is 5.32 Å². The first-order valence-electron chi connectivity index (χ1n) is 7.23. The van der Waals surface area contributed by atoms with E-state index in [1.165, 1.54) is 19.3 Å². The summed E-state index contributed by atoms with van der Waals surface area (Å²) < 4.78 is 0. The van der Waals surface area contributed by atoms with Crippen LogP contribution in [-0.4, -0.2) is 17.0 Å². The van der Waals surface area contributed by atoms with Crippen molar-refractivity contribution in [3.05, 3.63) is 35.4 Å². The molecule has 2 N–H and O–H groups in total. The predicted octanol–water partition coefficient (Wildman–Crippen LogP) is 2.44. The minimum atomic E-state index is -0.939. The summed E-state index contributed by atoms with van der Waals surface area (Å²) in [6, 6.07) is 6.73. The van der Waals surface area contributed by atoms with Crippen molar-refractivity contribution in [1.29, 1.82) is 0 Å². The van der Waals surface area contributed by atoms with E-state index in [9.17, 15) is 9.59 Å². The summed E-state index contributed by atoms with van der Waals surface area (Å²) in [4.78, 5) is 23.1. The molecule has 2 aliphatic carbocycles. The van der Waals surface area contributed by atoms with Gasteiger partial charge in [0.1, 0.15) is 0 Å². The van der Waals surface area contributed by atoms with Crippen molar-refractivity contribution in [3.63, 3.8) is 0 Å². The van der Waals surface area contributed by atoms with E-state index in [1.54, 1.807) is 18.2 Å². The maximum atomic E-state index is 12.2. The molecule has 0 saturated heterocycles. The van der Waals surface area contributed by atoms with Crippen LogP contribution in [0.25, 0.3) is 0 Å². The maximum absolute atomic E-state index is 12.2. The van der Waals surface area contributed by atoms with Gasteiger partial charge >= 0.3 is 5.97 Å². The first-order valence-corrected chi connectivity index (χ1v) is 7.23. The van der Waals surface area contributed by atoms with E-state index in [4.69, 9.17) is 5.11 Å². The minimum absolute atomic E-state index is 0.137. The van der Waals surface area contributed by atoms with Crippen LogP contribution in [0.5, 0.6) is 0 Å². The third-order valence-electron chi connectivity index (χ3n) is 4.72.